The Morgan fingerprint density at radius 2 is 1.94 bits per heavy atom. The summed E-state index contributed by atoms with van der Waals surface area (Å²) < 4.78 is 42.3. The van der Waals surface area contributed by atoms with Crippen LogP contribution in [0.1, 0.15) is 11.1 Å². The predicted octanol–water partition coefficient (Wildman–Crippen LogP) is 2.64. The van der Waals surface area contributed by atoms with Crippen LogP contribution < -0.4 is 10.5 Å². The van der Waals surface area contributed by atoms with Crippen molar-refractivity contribution in [3.63, 3.8) is 0 Å². The van der Waals surface area contributed by atoms with Gasteiger partial charge in [0.15, 0.2) is 0 Å². The average molecular weight is 256 g/mol. The van der Waals surface area contributed by atoms with Gasteiger partial charge >= 0.3 is 6.18 Å². The van der Waals surface area contributed by atoms with Crippen molar-refractivity contribution in [3.8, 4) is 5.75 Å². The smallest absolute Gasteiger partial charge is 0.419 e. The molecular formula is C10H13ClF3NO. The van der Waals surface area contributed by atoms with Crippen molar-refractivity contribution in [1.82, 2.24) is 0 Å². The van der Waals surface area contributed by atoms with Gasteiger partial charge in [0.2, 0.25) is 0 Å². The van der Waals surface area contributed by atoms with Crippen LogP contribution in [0.2, 0.25) is 0 Å². The van der Waals surface area contributed by atoms with Crippen LogP contribution in [0.15, 0.2) is 18.2 Å². The van der Waals surface area contributed by atoms with Gasteiger partial charge in [-0.15, -0.1) is 12.4 Å². The molecule has 0 aromatic heterocycles. The molecule has 1 rings (SSSR count). The fourth-order valence-corrected chi connectivity index (χ4v) is 1.30. The molecular weight excluding hydrogens is 243 g/mol. The van der Waals surface area contributed by atoms with E-state index in [1.54, 1.807) is 6.07 Å². The summed E-state index contributed by atoms with van der Waals surface area (Å²) in [6.07, 6.45) is -3.97. The van der Waals surface area contributed by atoms with Crippen LogP contribution in [0, 0.1) is 0 Å². The molecule has 0 aliphatic heterocycles. The first kappa shape index (κ1) is 15.1. The van der Waals surface area contributed by atoms with Gasteiger partial charge in [-0.1, -0.05) is 6.07 Å². The second-order valence-corrected chi connectivity index (χ2v) is 3.07. The minimum atomic E-state index is -4.39. The van der Waals surface area contributed by atoms with E-state index < -0.39 is 11.7 Å². The highest BCUT2D eigenvalue weighted by atomic mass is 35.5. The van der Waals surface area contributed by atoms with Gasteiger partial charge in [0.1, 0.15) is 5.75 Å². The molecule has 16 heavy (non-hydrogen) atoms. The summed E-state index contributed by atoms with van der Waals surface area (Å²) in [7, 11) is 1.22. The van der Waals surface area contributed by atoms with Crippen LogP contribution in [0.5, 0.6) is 5.75 Å². The Kier molecular flexibility index (Phi) is 5.61. The molecule has 0 unspecified atom stereocenters. The lowest BCUT2D eigenvalue weighted by molar-refractivity contribution is -0.138. The molecule has 0 atom stereocenters. The number of halogens is 4. The van der Waals surface area contributed by atoms with Crippen LogP contribution in [0.3, 0.4) is 0 Å². The first-order valence-corrected chi connectivity index (χ1v) is 4.43. The van der Waals surface area contributed by atoms with Crippen molar-refractivity contribution in [2.45, 2.75) is 12.6 Å². The number of ether oxygens (including phenoxy) is 1. The highest BCUT2D eigenvalue weighted by molar-refractivity contribution is 5.85. The monoisotopic (exact) mass is 255 g/mol. The van der Waals surface area contributed by atoms with Gasteiger partial charge in [0, 0.05) is 0 Å². The molecule has 0 aliphatic carbocycles. The van der Waals surface area contributed by atoms with E-state index in [1.165, 1.54) is 13.2 Å². The maximum absolute atomic E-state index is 12.5. The van der Waals surface area contributed by atoms with Gasteiger partial charge in [0.25, 0.3) is 0 Å². The first-order chi connectivity index (χ1) is 6.99. The molecule has 1 aromatic carbocycles. The molecule has 0 saturated heterocycles. The predicted molar refractivity (Wildman–Crippen MR) is 58.0 cm³/mol. The molecule has 1 aromatic rings. The Morgan fingerprint density at radius 3 is 2.38 bits per heavy atom. The molecule has 0 saturated carbocycles. The Morgan fingerprint density at radius 1 is 1.31 bits per heavy atom. The number of benzene rings is 1. The normalized spacial score (nSPS) is 10.8. The Balaban J connectivity index is 0.00000225. The second kappa shape index (κ2) is 5.96. The van der Waals surface area contributed by atoms with E-state index in [0.717, 1.165) is 6.07 Å². The molecule has 92 valence electrons. The van der Waals surface area contributed by atoms with Crippen molar-refractivity contribution < 1.29 is 17.9 Å². The third kappa shape index (κ3) is 3.57. The number of hydrogen-bond acceptors (Lipinski definition) is 2. The summed E-state index contributed by atoms with van der Waals surface area (Å²) in [4.78, 5) is 0. The van der Waals surface area contributed by atoms with Crippen LogP contribution in [0.4, 0.5) is 13.2 Å². The second-order valence-electron chi connectivity index (χ2n) is 3.07. The van der Waals surface area contributed by atoms with Crippen molar-refractivity contribution in [2.24, 2.45) is 5.73 Å². The zero-order valence-corrected chi connectivity index (χ0v) is 9.49. The summed E-state index contributed by atoms with van der Waals surface area (Å²) in [5.74, 6) is -0.164. The third-order valence-electron chi connectivity index (χ3n) is 2.00. The molecule has 0 amide bonds. The van der Waals surface area contributed by atoms with Crippen LogP contribution >= 0.6 is 12.4 Å². The van der Waals surface area contributed by atoms with E-state index >= 15 is 0 Å². The largest absolute Gasteiger partial charge is 0.496 e. The molecule has 0 fully saturated rings. The van der Waals surface area contributed by atoms with Crippen LogP contribution in [0.25, 0.3) is 0 Å². The minimum absolute atomic E-state index is 0. The molecule has 0 heterocycles. The Hall–Kier alpha value is -0.940. The number of hydrogen-bond donors (Lipinski definition) is 1. The lowest BCUT2D eigenvalue weighted by atomic mass is 10.1. The average Bonchev–Trinajstić information content (AvgIpc) is 2.17. The van der Waals surface area contributed by atoms with Gasteiger partial charge in [-0.2, -0.15) is 13.2 Å². The molecule has 0 aliphatic rings. The van der Waals surface area contributed by atoms with E-state index in [-0.39, 0.29) is 18.2 Å². The summed E-state index contributed by atoms with van der Waals surface area (Å²) in [5.41, 5.74) is 5.08. The fraction of sp³-hybridized carbons (Fsp3) is 0.400. The van der Waals surface area contributed by atoms with E-state index in [4.69, 9.17) is 5.73 Å². The van der Waals surface area contributed by atoms with E-state index in [0.29, 0.717) is 18.5 Å². The zero-order valence-electron chi connectivity index (χ0n) is 8.67. The van der Waals surface area contributed by atoms with Crippen LogP contribution in [-0.2, 0) is 12.6 Å². The molecule has 6 heteroatoms. The number of rotatable bonds is 3. The van der Waals surface area contributed by atoms with Crippen molar-refractivity contribution in [1.29, 1.82) is 0 Å². The third-order valence-corrected chi connectivity index (χ3v) is 2.00. The topological polar surface area (TPSA) is 35.2 Å². The lowest BCUT2D eigenvalue weighted by Crippen LogP contribution is -2.09. The highest BCUT2D eigenvalue weighted by Crippen LogP contribution is 2.36. The molecule has 0 bridgehead atoms. The molecule has 0 radical (unpaired) electrons. The minimum Gasteiger partial charge on any atom is -0.496 e. The maximum atomic E-state index is 12.5. The number of alkyl halides is 3. The van der Waals surface area contributed by atoms with Crippen molar-refractivity contribution >= 4 is 12.4 Å². The first-order valence-electron chi connectivity index (χ1n) is 4.43. The van der Waals surface area contributed by atoms with Crippen LogP contribution in [-0.4, -0.2) is 13.7 Å². The van der Waals surface area contributed by atoms with Crippen molar-refractivity contribution in [2.75, 3.05) is 13.7 Å². The van der Waals surface area contributed by atoms with Gasteiger partial charge < -0.3 is 10.5 Å². The zero-order chi connectivity index (χ0) is 11.5. The van der Waals surface area contributed by atoms with Gasteiger partial charge in [0.05, 0.1) is 12.7 Å². The summed E-state index contributed by atoms with van der Waals surface area (Å²) >= 11 is 0. The Bertz CT molecular complexity index is 341. The standard InChI is InChI=1S/C10H12F3NO.ClH/c1-15-9-3-2-7(4-5-14)6-8(9)10(11,12)13;/h2-3,6H,4-5,14H2,1H3;1H. The fourth-order valence-electron chi connectivity index (χ4n) is 1.30. The number of methoxy groups -OCH3 is 1. The van der Waals surface area contributed by atoms with E-state index in [9.17, 15) is 13.2 Å². The Labute approximate surface area is 98.0 Å². The molecule has 0 spiro atoms. The van der Waals surface area contributed by atoms with Gasteiger partial charge in [-0.3, -0.25) is 0 Å². The lowest BCUT2D eigenvalue weighted by Gasteiger charge is -2.13. The maximum Gasteiger partial charge on any atom is 0.419 e. The van der Waals surface area contributed by atoms with E-state index in [1.807, 2.05) is 0 Å². The highest BCUT2D eigenvalue weighted by Gasteiger charge is 2.34. The van der Waals surface area contributed by atoms with Crippen molar-refractivity contribution in [3.05, 3.63) is 29.3 Å². The molecule has 2 nitrogen and oxygen atoms in total. The summed E-state index contributed by atoms with van der Waals surface area (Å²) in [6, 6.07) is 3.97. The quantitative estimate of drug-likeness (QED) is 0.901. The van der Waals surface area contributed by atoms with Gasteiger partial charge in [-0.05, 0) is 30.7 Å². The number of nitrogens with two attached hydrogens (primary N) is 1. The summed E-state index contributed by atoms with van der Waals surface area (Å²) in [6.45, 7) is 0.323. The SMILES string of the molecule is COc1ccc(CCN)cc1C(F)(F)F.Cl. The van der Waals surface area contributed by atoms with E-state index in [2.05, 4.69) is 4.74 Å². The van der Waals surface area contributed by atoms with Gasteiger partial charge in [-0.25, -0.2) is 0 Å². The summed E-state index contributed by atoms with van der Waals surface area (Å²) in [5, 5.41) is 0. The molecule has 2 N–H and O–H groups in total.